The van der Waals surface area contributed by atoms with Gasteiger partial charge in [-0.2, -0.15) is 0 Å². The van der Waals surface area contributed by atoms with E-state index in [9.17, 15) is 22.8 Å². The average Bonchev–Trinajstić information content (AvgIpc) is 3.25. The summed E-state index contributed by atoms with van der Waals surface area (Å²) in [5, 5.41) is 2.17. The fourth-order valence-corrected chi connectivity index (χ4v) is 6.33. The lowest BCUT2D eigenvalue weighted by Gasteiger charge is -2.28. The zero-order valence-corrected chi connectivity index (χ0v) is 21.8. The first-order valence-corrected chi connectivity index (χ1v) is 14.4. The van der Waals surface area contributed by atoms with Gasteiger partial charge in [-0.15, -0.1) is 0 Å². The smallest absolute Gasteiger partial charge is 0.259 e. The molecule has 2 aliphatic heterocycles. The van der Waals surface area contributed by atoms with Crippen molar-refractivity contribution >= 4 is 27.7 Å². The normalized spacial score (nSPS) is 34.6. The minimum absolute atomic E-state index is 0.00473. The van der Waals surface area contributed by atoms with Crippen LogP contribution >= 0.6 is 0 Å². The van der Waals surface area contributed by atoms with E-state index in [0.29, 0.717) is 38.1 Å². The maximum Gasteiger partial charge on any atom is 0.259 e. The van der Waals surface area contributed by atoms with Crippen molar-refractivity contribution in [3.63, 3.8) is 0 Å². The number of hydrogen-bond acceptors (Lipinski definition) is 5. The van der Waals surface area contributed by atoms with Crippen molar-refractivity contribution in [2.24, 2.45) is 17.8 Å². The first-order chi connectivity index (χ1) is 16.0. The summed E-state index contributed by atoms with van der Waals surface area (Å²) in [6.07, 6.45) is 10.2. The molecule has 1 saturated carbocycles. The Bertz CT molecular complexity index is 918. The molecule has 34 heavy (non-hydrogen) atoms. The first kappa shape index (κ1) is 26.7. The van der Waals surface area contributed by atoms with Gasteiger partial charge < -0.3 is 10.2 Å². The summed E-state index contributed by atoms with van der Waals surface area (Å²) < 4.78 is 27.3. The fraction of sp³-hybridized carbons (Fsp3) is 0.800. The summed E-state index contributed by atoms with van der Waals surface area (Å²) in [5.74, 6) is -0.566. The molecule has 2 fully saturated rings. The van der Waals surface area contributed by atoms with Crippen LogP contribution in [0.25, 0.3) is 0 Å². The highest BCUT2D eigenvalue weighted by Gasteiger charge is 2.61. The molecule has 8 nitrogen and oxygen atoms in total. The summed E-state index contributed by atoms with van der Waals surface area (Å²) in [4.78, 5) is 41.3. The molecule has 1 saturated heterocycles. The van der Waals surface area contributed by atoms with Gasteiger partial charge in [-0.25, -0.2) is 8.42 Å². The van der Waals surface area contributed by atoms with Gasteiger partial charge in [0.25, 0.3) is 5.91 Å². The highest BCUT2D eigenvalue weighted by Crippen LogP contribution is 2.45. The number of hydrogen-bond donors (Lipinski definition) is 2. The van der Waals surface area contributed by atoms with Crippen molar-refractivity contribution in [3.05, 3.63) is 12.2 Å². The predicted molar refractivity (Wildman–Crippen MR) is 131 cm³/mol. The van der Waals surface area contributed by atoms with E-state index in [2.05, 4.69) is 23.9 Å². The summed E-state index contributed by atoms with van der Waals surface area (Å²) in [5.41, 5.74) is -1.29. The second-order valence-electron chi connectivity index (χ2n) is 10.5. The lowest BCUT2D eigenvalue weighted by atomic mass is 9.88. The zero-order valence-electron chi connectivity index (χ0n) is 21.0. The van der Waals surface area contributed by atoms with Gasteiger partial charge in [-0.1, -0.05) is 39.3 Å². The third kappa shape index (κ3) is 5.83. The predicted octanol–water partition coefficient (Wildman–Crippen LogP) is 2.89. The van der Waals surface area contributed by atoms with Crippen LogP contribution in [0.1, 0.15) is 85.5 Å². The Labute approximate surface area is 204 Å². The quantitative estimate of drug-likeness (QED) is 0.570. The van der Waals surface area contributed by atoms with E-state index in [0.717, 1.165) is 32.1 Å². The molecule has 6 unspecified atom stereocenters. The fourth-order valence-electron chi connectivity index (χ4n) is 5.25. The number of amides is 3. The van der Waals surface area contributed by atoms with Crippen molar-refractivity contribution in [1.82, 2.24) is 14.9 Å². The van der Waals surface area contributed by atoms with Gasteiger partial charge in [0.2, 0.25) is 21.8 Å². The van der Waals surface area contributed by atoms with Crippen LogP contribution in [0.2, 0.25) is 0 Å². The zero-order chi connectivity index (χ0) is 25.1. The number of nitrogens with one attached hydrogen (secondary N) is 2. The lowest BCUT2D eigenvalue weighted by molar-refractivity contribution is -0.140. The maximum atomic E-state index is 13.3. The van der Waals surface area contributed by atoms with Gasteiger partial charge in [-0.05, 0) is 63.7 Å². The van der Waals surface area contributed by atoms with Gasteiger partial charge in [0.05, 0.1) is 5.25 Å². The molecule has 2 heterocycles. The Morgan fingerprint density at radius 3 is 2.71 bits per heavy atom. The number of allylic oxidation sites excluding steroid dienone is 1. The van der Waals surface area contributed by atoms with Crippen LogP contribution in [0, 0.1) is 17.8 Å². The number of sulfonamides is 1. The molecule has 0 radical (unpaired) electrons. The van der Waals surface area contributed by atoms with Gasteiger partial charge in [0.15, 0.2) is 0 Å². The van der Waals surface area contributed by atoms with E-state index in [1.54, 1.807) is 18.7 Å². The molecule has 192 valence electrons. The van der Waals surface area contributed by atoms with Crippen LogP contribution in [0.5, 0.6) is 0 Å². The van der Waals surface area contributed by atoms with E-state index in [-0.39, 0.29) is 23.7 Å². The molecule has 0 spiro atoms. The Balaban J connectivity index is 1.86. The van der Waals surface area contributed by atoms with Gasteiger partial charge in [-0.3, -0.25) is 19.1 Å². The number of nitrogens with zero attached hydrogens (tertiary/aromatic N) is 1. The Hall–Kier alpha value is -1.90. The molecule has 0 aromatic carbocycles. The number of carbonyl (C=O) groups excluding carboxylic acids is 3. The molecule has 1 aliphatic carbocycles. The molecule has 3 aliphatic rings. The van der Waals surface area contributed by atoms with Crippen molar-refractivity contribution in [2.75, 3.05) is 6.54 Å². The highest BCUT2D eigenvalue weighted by atomic mass is 32.2. The molecule has 0 aromatic rings. The van der Waals surface area contributed by atoms with Crippen LogP contribution in [0.15, 0.2) is 12.2 Å². The van der Waals surface area contributed by atoms with Crippen molar-refractivity contribution in [3.8, 4) is 0 Å². The Morgan fingerprint density at radius 1 is 1.29 bits per heavy atom. The number of carbonyl (C=O) groups is 3. The van der Waals surface area contributed by atoms with Crippen molar-refractivity contribution in [1.29, 1.82) is 0 Å². The largest absolute Gasteiger partial charge is 0.339 e. The minimum atomic E-state index is -3.84. The van der Waals surface area contributed by atoms with Crippen LogP contribution in [0.3, 0.4) is 0 Å². The SMILES string of the molecule is CCC1CC(=O)N2CCCC2C(=O)NC2(C(=O)NS(=O)(=O)C(C)CC)CC2/C=C\CCC(C)C1. The topological polar surface area (TPSA) is 113 Å². The number of rotatable bonds is 5. The van der Waals surface area contributed by atoms with Crippen LogP contribution in [0.4, 0.5) is 0 Å². The standard InChI is InChI=1S/C25H41N3O5S/c1-5-18(4)34(32,33)27-24(31)25-16-20(25)11-8-7-10-17(3)14-19(6-2)15-22(29)28-13-9-12-21(28)23(30)26-25/h8,11,17-21H,5-7,9-10,12-16H2,1-4H3,(H,26,30)(H,27,31)/b11-8-. The molecular formula is C25H41N3O5S. The third-order valence-corrected chi connectivity index (χ3v) is 9.82. The molecule has 2 N–H and O–H groups in total. The number of fused-ring (bicyclic) bond motifs is 2. The second kappa shape index (κ2) is 10.8. The molecule has 9 heteroatoms. The third-order valence-electron chi connectivity index (χ3n) is 7.95. The maximum absolute atomic E-state index is 13.3. The average molecular weight is 496 g/mol. The van der Waals surface area contributed by atoms with Gasteiger partial charge in [0.1, 0.15) is 11.6 Å². The lowest BCUT2D eigenvalue weighted by Crippen LogP contribution is -2.57. The summed E-state index contributed by atoms with van der Waals surface area (Å²) >= 11 is 0. The summed E-state index contributed by atoms with van der Waals surface area (Å²) in [6, 6.07) is -0.617. The van der Waals surface area contributed by atoms with E-state index in [1.807, 2.05) is 12.2 Å². The highest BCUT2D eigenvalue weighted by molar-refractivity contribution is 7.90. The first-order valence-electron chi connectivity index (χ1n) is 12.9. The molecular weight excluding hydrogens is 454 g/mol. The Morgan fingerprint density at radius 2 is 2.03 bits per heavy atom. The molecule has 0 bridgehead atoms. The van der Waals surface area contributed by atoms with E-state index < -0.39 is 32.8 Å². The van der Waals surface area contributed by atoms with E-state index in [1.165, 1.54) is 0 Å². The Kier molecular flexibility index (Phi) is 8.47. The molecule has 6 atom stereocenters. The second-order valence-corrected chi connectivity index (χ2v) is 12.6. The molecule has 0 aromatic heterocycles. The van der Waals surface area contributed by atoms with E-state index >= 15 is 0 Å². The van der Waals surface area contributed by atoms with Crippen LogP contribution < -0.4 is 10.0 Å². The van der Waals surface area contributed by atoms with Crippen LogP contribution in [-0.4, -0.2) is 54.4 Å². The molecule has 3 rings (SSSR count). The van der Waals surface area contributed by atoms with Crippen molar-refractivity contribution < 1.29 is 22.8 Å². The van der Waals surface area contributed by atoms with Crippen molar-refractivity contribution in [2.45, 2.75) is 102 Å². The minimum Gasteiger partial charge on any atom is -0.339 e. The van der Waals surface area contributed by atoms with Crippen LogP contribution in [-0.2, 0) is 24.4 Å². The summed E-state index contributed by atoms with van der Waals surface area (Å²) in [7, 11) is -3.84. The van der Waals surface area contributed by atoms with Gasteiger partial charge in [0, 0.05) is 18.9 Å². The monoisotopic (exact) mass is 495 g/mol. The van der Waals surface area contributed by atoms with Gasteiger partial charge >= 0.3 is 0 Å². The molecule has 3 amide bonds. The summed E-state index contributed by atoms with van der Waals surface area (Å²) in [6.45, 7) is 8.15. The van der Waals surface area contributed by atoms with E-state index in [4.69, 9.17) is 0 Å².